The maximum absolute atomic E-state index is 14.8. The lowest BCUT2D eigenvalue weighted by molar-refractivity contribution is -0.671. The van der Waals surface area contributed by atoms with E-state index in [0.717, 1.165) is 5.56 Å². The number of pyridine rings is 1. The molecule has 2 aliphatic heterocycles. The molecule has 2 unspecified atom stereocenters. The number of rotatable bonds is 10. The van der Waals surface area contributed by atoms with Gasteiger partial charge in [-0.15, -0.1) is 0 Å². The molecule has 3 atom stereocenters. The van der Waals surface area contributed by atoms with E-state index >= 15 is 0 Å². The molecule has 2 N–H and O–H groups in total. The average molecular weight is 623 g/mol. The fourth-order valence-corrected chi connectivity index (χ4v) is 6.01. The molecule has 3 heterocycles. The predicted octanol–water partition coefficient (Wildman–Crippen LogP) is 3.31. The zero-order chi connectivity index (χ0) is 33.2. The number of primary amides is 1. The third-order valence-electron chi connectivity index (χ3n) is 8.20. The number of benzene rings is 2. The highest BCUT2D eigenvalue weighted by atomic mass is 16.5. The number of aromatic nitrogens is 1. The largest absolute Gasteiger partial charge is 0.473 e. The van der Waals surface area contributed by atoms with Crippen molar-refractivity contribution in [2.24, 2.45) is 29.6 Å². The number of hydrogen-bond acceptors (Lipinski definition) is 6. The smallest absolute Gasteiger partial charge is 0.264 e. The molecule has 0 saturated heterocycles. The molecule has 5 rings (SSSR count). The summed E-state index contributed by atoms with van der Waals surface area (Å²) < 4.78 is 7.51. The highest BCUT2D eigenvalue weighted by molar-refractivity contribution is 6.38. The molecule has 3 aromatic rings. The fraction of sp³-hybridized carbons (Fsp3) is 0.333. The molecule has 1 aromatic heterocycles. The first-order chi connectivity index (χ1) is 21.9. The van der Waals surface area contributed by atoms with E-state index in [4.69, 9.17) is 10.5 Å². The molecule has 0 spiro atoms. The quantitative estimate of drug-likeness (QED) is 0.348. The Morgan fingerprint density at radius 1 is 1.02 bits per heavy atom. The third kappa shape index (κ3) is 6.61. The number of nitrogens with zero attached hydrogens (tertiary/aromatic N) is 4. The Labute approximate surface area is 269 Å². The van der Waals surface area contributed by atoms with Crippen molar-refractivity contribution >= 4 is 35.1 Å². The van der Waals surface area contributed by atoms with Crippen molar-refractivity contribution in [3.63, 3.8) is 0 Å². The van der Waals surface area contributed by atoms with E-state index in [9.17, 15) is 19.2 Å². The molecular formula is C36H40N5O5+. The number of Topliss-reactive ketones (excluding diaryl/α,β-unsaturated/α-hetero) is 1. The molecule has 2 aliphatic rings. The van der Waals surface area contributed by atoms with Crippen LogP contribution in [-0.4, -0.2) is 63.4 Å². The number of aryl methyl sites for hydroxylation is 1. The molecular weight excluding hydrogens is 582 g/mol. The summed E-state index contributed by atoms with van der Waals surface area (Å²) in [7, 11) is 1.81. The van der Waals surface area contributed by atoms with Crippen LogP contribution in [0.5, 0.6) is 0 Å². The second kappa shape index (κ2) is 13.1. The first-order valence-corrected chi connectivity index (χ1v) is 15.4. The van der Waals surface area contributed by atoms with Gasteiger partial charge in [0.2, 0.25) is 11.7 Å². The number of aliphatic imine (C=N–C) groups is 1. The van der Waals surface area contributed by atoms with Crippen LogP contribution in [0.2, 0.25) is 0 Å². The van der Waals surface area contributed by atoms with Crippen molar-refractivity contribution in [3.8, 4) is 0 Å². The third-order valence-corrected chi connectivity index (χ3v) is 8.20. The second-order valence-electron chi connectivity index (χ2n) is 12.8. The molecule has 46 heavy (non-hydrogen) atoms. The summed E-state index contributed by atoms with van der Waals surface area (Å²) in [6.45, 7) is 7.57. The number of amides is 3. The zero-order valence-electron chi connectivity index (χ0n) is 26.8. The summed E-state index contributed by atoms with van der Waals surface area (Å²) in [4.78, 5) is 64.0. The summed E-state index contributed by atoms with van der Waals surface area (Å²) >= 11 is 0. The van der Waals surface area contributed by atoms with Gasteiger partial charge in [0, 0.05) is 12.3 Å². The lowest BCUT2D eigenvalue weighted by Crippen LogP contribution is -2.62. The molecule has 2 aromatic carbocycles. The Balaban J connectivity index is 1.70. The van der Waals surface area contributed by atoms with Crippen LogP contribution in [0.4, 0.5) is 0 Å². The van der Waals surface area contributed by atoms with E-state index in [0.29, 0.717) is 11.1 Å². The van der Waals surface area contributed by atoms with Crippen LogP contribution in [0.1, 0.15) is 49.2 Å². The number of carbonyl (C=O) groups is 4. The van der Waals surface area contributed by atoms with E-state index in [1.807, 2.05) is 77.3 Å². The summed E-state index contributed by atoms with van der Waals surface area (Å²) in [5.41, 5.74) is 7.55. The van der Waals surface area contributed by atoms with E-state index < -0.39 is 41.1 Å². The predicted molar refractivity (Wildman–Crippen MR) is 173 cm³/mol. The molecule has 0 fully saturated rings. The van der Waals surface area contributed by atoms with Crippen LogP contribution in [0.15, 0.2) is 96.4 Å². The minimum atomic E-state index is -1.42. The van der Waals surface area contributed by atoms with Gasteiger partial charge in [-0.1, -0.05) is 74.5 Å². The Morgan fingerprint density at radius 3 is 2.24 bits per heavy atom. The van der Waals surface area contributed by atoms with Gasteiger partial charge in [0.1, 0.15) is 31.3 Å². The van der Waals surface area contributed by atoms with Gasteiger partial charge in [0.05, 0.1) is 17.2 Å². The summed E-state index contributed by atoms with van der Waals surface area (Å²) in [5, 5.41) is 0. The van der Waals surface area contributed by atoms with Gasteiger partial charge in [-0.2, -0.15) is 0 Å². The number of carbonyl (C=O) groups excluding carboxylic acids is 4. The van der Waals surface area contributed by atoms with Gasteiger partial charge in [0.15, 0.2) is 12.4 Å². The zero-order valence-corrected chi connectivity index (χ0v) is 26.8. The first kappa shape index (κ1) is 32.3. The van der Waals surface area contributed by atoms with Gasteiger partial charge in [-0.05, 0) is 43.4 Å². The second-order valence-corrected chi connectivity index (χ2v) is 12.8. The van der Waals surface area contributed by atoms with Crippen molar-refractivity contribution in [1.29, 1.82) is 0 Å². The molecule has 0 saturated carbocycles. The van der Waals surface area contributed by atoms with Gasteiger partial charge < -0.3 is 10.5 Å². The minimum Gasteiger partial charge on any atom is -0.473 e. The molecule has 10 heteroatoms. The lowest BCUT2D eigenvalue weighted by Gasteiger charge is -2.45. The van der Waals surface area contributed by atoms with Gasteiger partial charge >= 0.3 is 0 Å². The Morgan fingerprint density at radius 2 is 1.67 bits per heavy atom. The highest BCUT2D eigenvalue weighted by Gasteiger charge is 2.49. The van der Waals surface area contributed by atoms with Crippen molar-refractivity contribution in [2.75, 3.05) is 6.61 Å². The van der Waals surface area contributed by atoms with Gasteiger partial charge in [0.25, 0.3) is 17.7 Å². The van der Waals surface area contributed by atoms with Crippen molar-refractivity contribution < 1.29 is 28.5 Å². The maximum Gasteiger partial charge on any atom is 0.264 e. The van der Waals surface area contributed by atoms with Crippen molar-refractivity contribution in [3.05, 3.63) is 108 Å². The minimum absolute atomic E-state index is 0.0947. The number of hydrogen-bond donors (Lipinski definition) is 1. The highest BCUT2D eigenvalue weighted by Crippen LogP contribution is 2.36. The molecule has 10 nitrogen and oxygen atoms in total. The maximum atomic E-state index is 14.8. The van der Waals surface area contributed by atoms with Crippen LogP contribution >= 0.6 is 0 Å². The molecule has 0 radical (unpaired) electrons. The van der Waals surface area contributed by atoms with Gasteiger partial charge in [-0.3, -0.25) is 29.0 Å². The number of nitrogens with two attached hydrogens (primary N) is 1. The normalized spacial score (nSPS) is 18.8. The van der Waals surface area contributed by atoms with E-state index in [2.05, 4.69) is 4.99 Å². The number of ketones is 1. The van der Waals surface area contributed by atoms with Gasteiger partial charge in [-0.25, -0.2) is 9.56 Å². The Kier molecular flexibility index (Phi) is 9.18. The lowest BCUT2D eigenvalue weighted by atomic mass is 9.84. The molecule has 0 bridgehead atoms. The summed E-state index contributed by atoms with van der Waals surface area (Å²) in [6.07, 6.45) is 5.20. The van der Waals surface area contributed by atoms with Crippen LogP contribution in [0, 0.1) is 11.8 Å². The van der Waals surface area contributed by atoms with E-state index in [-0.39, 0.29) is 36.4 Å². The monoisotopic (exact) mass is 622 g/mol. The van der Waals surface area contributed by atoms with Crippen LogP contribution in [0.25, 0.3) is 5.70 Å². The van der Waals surface area contributed by atoms with E-state index in [1.54, 1.807) is 53.4 Å². The fourth-order valence-electron chi connectivity index (χ4n) is 6.01. The van der Waals surface area contributed by atoms with E-state index in [1.165, 1.54) is 9.80 Å². The molecule has 0 aliphatic carbocycles. The topological polar surface area (TPSA) is 126 Å². The molecule has 3 amide bonds. The van der Waals surface area contributed by atoms with Crippen molar-refractivity contribution in [2.45, 2.75) is 51.7 Å². The van der Waals surface area contributed by atoms with Crippen molar-refractivity contribution in [1.82, 2.24) is 9.80 Å². The molecule has 238 valence electrons. The van der Waals surface area contributed by atoms with Crippen LogP contribution in [0.3, 0.4) is 0 Å². The Bertz CT molecular complexity index is 1700. The Hall–Kier alpha value is -5.12. The van der Waals surface area contributed by atoms with Crippen LogP contribution in [-0.2, 0) is 32.6 Å². The number of ether oxygens (including phenoxy) is 1. The summed E-state index contributed by atoms with van der Waals surface area (Å²) in [5.74, 6) is -3.86. The first-order valence-electron chi connectivity index (χ1n) is 15.4. The average Bonchev–Trinajstić information content (AvgIpc) is 3.40. The standard InChI is InChI=1S/C36H39N5O5/c1-23(2)29-35(45)41(28(25-15-10-7-11-16-25)21-40(29)34(44)26-17-12-18-39(5)20-26)30(32(37)43)27(19-24-13-8-6-9-14-24)31(42)33-38-36(3,4)22-46-33/h6-18,20-21,23,27,29-30H,19,22H2,1-5H3,(H-,37,43)/p+1/t27?,29?,30-/m0/s1. The summed E-state index contributed by atoms with van der Waals surface area (Å²) in [6, 6.07) is 19.3. The van der Waals surface area contributed by atoms with Crippen LogP contribution < -0.4 is 10.3 Å². The SMILES string of the molecule is CC(C)C1C(=O)N([C@H](C(N)=O)C(Cc2ccccc2)C(=O)C2=NC(C)(C)CO2)C(c2ccccc2)=CN1C(=O)c1ccc[n+](C)c1.